The largest absolute Gasteiger partial charge is 0.507 e. The predicted octanol–water partition coefficient (Wildman–Crippen LogP) is 12.0. The molecule has 0 aliphatic carbocycles. The molecule has 0 spiro atoms. The van der Waals surface area contributed by atoms with Crippen LogP contribution in [0.3, 0.4) is 0 Å². The molecule has 0 unspecified atom stereocenters. The molecule has 0 aliphatic heterocycles. The molecule has 49 heavy (non-hydrogen) atoms. The number of phenols is 2. The van der Waals surface area contributed by atoms with Gasteiger partial charge in [-0.05, 0) is 120 Å². The Morgan fingerprint density at radius 1 is 0.490 bits per heavy atom. The maximum absolute atomic E-state index is 10.0. The lowest BCUT2D eigenvalue weighted by Gasteiger charge is -2.26. The fraction of sp³-hybridized carbons (Fsp3) is 0.0732. The fourth-order valence-corrected chi connectivity index (χ4v) is 5.82. The van der Waals surface area contributed by atoms with Gasteiger partial charge >= 0.3 is 0 Å². The Morgan fingerprint density at radius 3 is 1.16 bits per heavy atom. The molecule has 0 saturated carbocycles. The number of aromatic hydroxyl groups is 2. The topological polar surface area (TPSA) is 83.6 Å². The summed E-state index contributed by atoms with van der Waals surface area (Å²) < 4.78 is 13.9. The van der Waals surface area contributed by atoms with Crippen molar-refractivity contribution < 1.29 is 19.7 Å². The van der Waals surface area contributed by atoms with Gasteiger partial charge in [-0.25, -0.2) is 0 Å². The van der Waals surface area contributed by atoms with E-state index in [2.05, 4.69) is 80.0 Å². The van der Waals surface area contributed by atoms with Crippen LogP contribution in [0.15, 0.2) is 152 Å². The van der Waals surface area contributed by atoms with Crippen molar-refractivity contribution in [3.63, 3.8) is 0 Å². The number of hydrogen-bond acceptors (Lipinski definition) is 6. The summed E-state index contributed by atoms with van der Waals surface area (Å²) in [7, 11) is 0. The Hall–Kier alpha value is -5.18. The molecule has 0 bridgehead atoms. The van der Waals surface area contributed by atoms with Crippen LogP contribution in [-0.4, -0.2) is 22.6 Å². The summed E-state index contributed by atoms with van der Waals surface area (Å²) in [5, 5.41) is 20.0. The summed E-state index contributed by atoms with van der Waals surface area (Å²) >= 11 is 6.83. The van der Waals surface area contributed by atoms with Gasteiger partial charge in [-0.2, -0.15) is 0 Å². The van der Waals surface area contributed by atoms with Gasteiger partial charge in [0, 0.05) is 37.9 Å². The first-order valence-electron chi connectivity index (χ1n) is 15.4. The number of hydrogen-bond donors (Lipinski definition) is 2. The highest BCUT2D eigenvalue weighted by Gasteiger charge is 2.23. The molecule has 0 atom stereocenters. The molecule has 0 heterocycles. The summed E-state index contributed by atoms with van der Waals surface area (Å²) in [5.74, 6) is 3.23. The van der Waals surface area contributed by atoms with Crippen molar-refractivity contribution in [1.82, 2.24) is 0 Å². The SMILES string of the molecule is CC(C)(c1ccc(Oc2ccc(N=Cc3cc(Br)ccc3O)cc2)cc1)c1ccc(Oc2ccc(N=Cc3cc(Br)ccc3O)cc2)cc1. The van der Waals surface area contributed by atoms with Gasteiger partial charge in [0.1, 0.15) is 34.5 Å². The van der Waals surface area contributed by atoms with E-state index in [0.717, 1.165) is 42.9 Å². The first-order chi connectivity index (χ1) is 23.6. The van der Waals surface area contributed by atoms with Crippen LogP contribution in [0.2, 0.25) is 0 Å². The summed E-state index contributed by atoms with van der Waals surface area (Å²) in [4.78, 5) is 8.92. The second kappa shape index (κ2) is 14.9. The molecule has 6 aromatic carbocycles. The van der Waals surface area contributed by atoms with E-state index >= 15 is 0 Å². The molecule has 2 N–H and O–H groups in total. The van der Waals surface area contributed by atoms with Crippen LogP contribution < -0.4 is 9.47 Å². The highest BCUT2D eigenvalue weighted by atomic mass is 79.9. The zero-order valence-corrected chi connectivity index (χ0v) is 29.9. The molecule has 6 rings (SSSR count). The molecule has 0 saturated heterocycles. The van der Waals surface area contributed by atoms with Crippen molar-refractivity contribution in [2.75, 3.05) is 0 Å². The Balaban J connectivity index is 1.05. The summed E-state index contributed by atoms with van der Waals surface area (Å²) in [5.41, 5.74) is 4.82. The first-order valence-corrected chi connectivity index (χ1v) is 17.0. The average molecular weight is 777 g/mol. The van der Waals surface area contributed by atoms with Crippen molar-refractivity contribution in [2.45, 2.75) is 19.3 Å². The molecule has 6 aromatic rings. The number of rotatable bonds is 10. The van der Waals surface area contributed by atoms with E-state index in [1.807, 2.05) is 84.9 Å². The predicted molar refractivity (Wildman–Crippen MR) is 204 cm³/mol. The summed E-state index contributed by atoms with van der Waals surface area (Å²) in [6, 6.07) is 41.7. The smallest absolute Gasteiger partial charge is 0.127 e. The first kappa shape index (κ1) is 33.7. The third kappa shape index (κ3) is 8.65. The van der Waals surface area contributed by atoms with E-state index in [1.165, 1.54) is 0 Å². The van der Waals surface area contributed by atoms with Crippen LogP contribution in [0.5, 0.6) is 34.5 Å². The van der Waals surface area contributed by atoms with Crippen molar-refractivity contribution in [3.05, 3.63) is 165 Å². The highest BCUT2D eigenvalue weighted by molar-refractivity contribution is 9.10. The van der Waals surface area contributed by atoms with Crippen molar-refractivity contribution in [1.29, 1.82) is 0 Å². The molecule has 0 aromatic heterocycles. The quantitative estimate of drug-likeness (QED) is 0.136. The van der Waals surface area contributed by atoms with Gasteiger partial charge in [0.2, 0.25) is 0 Å². The monoisotopic (exact) mass is 774 g/mol. The minimum absolute atomic E-state index is 0.173. The van der Waals surface area contributed by atoms with Gasteiger partial charge in [-0.1, -0.05) is 70.0 Å². The number of halogens is 2. The van der Waals surface area contributed by atoms with E-state index in [-0.39, 0.29) is 16.9 Å². The molecule has 6 nitrogen and oxygen atoms in total. The van der Waals surface area contributed by atoms with Gasteiger partial charge in [-0.3, -0.25) is 9.98 Å². The number of benzene rings is 6. The van der Waals surface area contributed by atoms with Crippen LogP contribution in [-0.2, 0) is 5.41 Å². The Morgan fingerprint density at radius 2 is 0.816 bits per heavy atom. The number of ether oxygens (including phenoxy) is 2. The standard InChI is InChI=1S/C41H32Br2N2O4/c1-41(2,29-3-13-35(14-4-29)48-37-17-9-33(10-18-37)44-25-27-23-31(42)7-21-39(27)46)30-5-15-36(16-6-30)49-38-19-11-34(12-20-38)45-26-28-24-32(43)8-22-40(28)47/h3-26,46-47H,1-2H3. The molecule has 244 valence electrons. The lowest BCUT2D eigenvalue weighted by atomic mass is 9.78. The van der Waals surface area contributed by atoms with Crippen molar-refractivity contribution in [2.24, 2.45) is 9.98 Å². The van der Waals surface area contributed by atoms with Crippen molar-refractivity contribution >= 4 is 55.7 Å². The van der Waals surface area contributed by atoms with E-state index in [9.17, 15) is 10.2 Å². The lowest BCUT2D eigenvalue weighted by Crippen LogP contribution is -2.18. The summed E-state index contributed by atoms with van der Waals surface area (Å²) in [6.07, 6.45) is 3.27. The van der Waals surface area contributed by atoms with Crippen molar-refractivity contribution in [3.8, 4) is 34.5 Å². The second-order valence-corrected chi connectivity index (χ2v) is 13.6. The Labute approximate surface area is 302 Å². The molecular formula is C41H32Br2N2O4. The van der Waals surface area contributed by atoms with E-state index in [0.29, 0.717) is 22.6 Å². The van der Waals surface area contributed by atoms with E-state index in [4.69, 9.17) is 9.47 Å². The molecule has 0 radical (unpaired) electrons. The number of nitrogens with zero attached hydrogens (tertiary/aromatic N) is 2. The summed E-state index contributed by atoms with van der Waals surface area (Å²) in [6.45, 7) is 4.39. The fourth-order valence-electron chi connectivity index (χ4n) is 5.06. The van der Waals surface area contributed by atoms with Gasteiger partial charge in [0.25, 0.3) is 0 Å². The minimum Gasteiger partial charge on any atom is -0.507 e. The molecular weight excluding hydrogens is 744 g/mol. The van der Waals surface area contributed by atoms with Gasteiger partial charge in [0.05, 0.1) is 11.4 Å². The van der Waals surface area contributed by atoms with Crippen LogP contribution in [0, 0.1) is 0 Å². The Bertz CT molecular complexity index is 1960. The molecule has 0 fully saturated rings. The van der Waals surface area contributed by atoms with Crippen LogP contribution >= 0.6 is 31.9 Å². The molecule has 8 heteroatoms. The third-order valence-corrected chi connectivity index (χ3v) is 8.97. The Kier molecular flexibility index (Phi) is 10.3. The second-order valence-electron chi connectivity index (χ2n) is 11.8. The number of aliphatic imine (C=N–C) groups is 2. The van der Waals surface area contributed by atoms with Crippen LogP contribution in [0.25, 0.3) is 0 Å². The zero-order chi connectivity index (χ0) is 34.4. The molecule has 0 aliphatic rings. The van der Waals surface area contributed by atoms with Gasteiger partial charge in [0.15, 0.2) is 0 Å². The lowest BCUT2D eigenvalue weighted by molar-refractivity contribution is 0.474. The zero-order valence-electron chi connectivity index (χ0n) is 26.7. The van der Waals surface area contributed by atoms with Gasteiger partial charge < -0.3 is 19.7 Å². The van der Waals surface area contributed by atoms with Gasteiger partial charge in [-0.15, -0.1) is 0 Å². The van der Waals surface area contributed by atoms with Crippen LogP contribution in [0.4, 0.5) is 11.4 Å². The third-order valence-electron chi connectivity index (χ3n) is 7.98. The van der Waals surface area contributed by atoms with Crippen LogP contribution in [0.1, 0.15) is 36.1 Å². The molecule has 0 amide bonds. The van der Waals surface area contributed by atoms with E-state index < -0.39 is 0 Å². The van der Waals surface area contributed by atoms with E-state index in [1.54, 1.807) is 36.7 Å². The number of phenolic OH excluding ortho intramolecular Hbond substituents is 2. The minimum atomic E-state index is -0.248. The normalized spacial score (nSPS) is 11.7. The highest BCUT2D eigenvalue weighted by Crippen LogP contribution is 2.35. The maximum atomic E-state index is 10.0. The average Bonchev–Trinajstić information content (AvgIpc) is 3.11. The maximum Gasteiger partial charge on any atom is 0.127 e.